The Kier molecular flexibility index (Phi) is 3.25. The largest absolute Gasteiger partial charge is 0.349 e. The quantitative estimate of drug-likeness (QED) is 0.750. The van der Waals surface area contributed by atoms with Crippen LogP contribution in [0, 0.1) is 0 Å². The van der Waals surface area contributed by atoms with Gasteiger partial charge in [0.2, 0.25) is 5.91 Å². The van der Waals surface area contributed by atoms with Gasteiger partial charge in [0.25, 0.3) is 0 Å². The van der Waals surface area contributed by atoms with E-state index in [1.165, 1.54) is 0 Å². The zero-order chi connectivity index (χ0) is 8.32. The standard InChI is InChI=1S/C7H12BrNOS/c1-11-4-6(10)9-7(5-8)2-3-7/h2-5H2,1H3,(H,9,10). The van der Waals surface area contributed by atoms with Crippen LogP contribution in [-0.2, 0) is 4.79 Å². The first-order chi connectivity index (χ1) is 5.22. The van der Waals surface area contributed by atoms with Crippen LogP contribution in [0.15, 0.2) is 0 Å². The summed E-state index contributed by atoms with van der Waals surface area (Å²) in [6, 6.07) is 0. The molecule has 11 heavy (non-hydrogen) atoms. The number of hydrogen-bond acceptors (Lipinski definition) is 2. The second kappa shape index (κ2) is 3.81. The third-order valence-electron chi connectivity index (χ3n) is 1.79. The smallest absolute Gasteiger partial charge is 0.230 e. The van der Waals surface area contributed by atoms with Gasteiger partial charge in [-0.05, 0) is 19.1 Å². The summed E-state index contributed by atoms with van der Waals surface area (Å²) in [5.74, 6) is 0.740. The van der Waals surface area contributed by atoms with Crippen molar-refractivity contribution in [3.8, 4) is 0 Å². The SMILES string of the molecule is CSCC(=O)NC1(CBr)CC1. The van der Waals surface area contributed by atoms with Gasteiger partial charge in [0.15, 0.2) is 0 Å². The first kappa shape index (κ1) is 9.39. The number of hydrogen-bond donors (Lipinski definition) is 1. The van der Waals surface area contributed by atoms with Gasteiger partial charge in [-0.3, -0.25) is 4.79 Å². The topological polar surface area (TPSA) is 29.1 Å². The van der Waals surface area contributed by atoms with Gasteiger partial charge in [0.1, 0.15) is 0 Å². The summed E-state index contributed by atoms with van der Waals surface area (Å²) in [7, 11) is 0. The fraction of sp³-hybridized carbons (Fsp3) is 0.857. The van der Waals surface area contributed by atoms with Crippen LogP contribution in [0.4, 0.5) is 0 Å². The van der Waals surface area contributed by atoms with Crippen molar-refractivity contribution in [3.05, 3.63) is 0 Å². The van der Waals surface area contributed by atoms with Crippen molar-refractivity contribution in [3.63, 3.8) is 0 Å². The number of amides is 1. The number of carbonyl (C=O) groups is 1. The molecular formula is C7H12BrNOS. The van der Waals surface area contributed by atoms with Crippen LogP contribution in [0.5, 0.6) is 0 Å². The van der Waals surface area contributed by atoms with E-state index in [9.17, 15) is 4.79 Å². The number of rotatable bonds is 4. The minimum absolute atomic E-state index is 0.118. The molecule has 1 aliphatic carbocycles. The lowest BCUT2D eigenvalue weighted by molar-refractivity contribution is -0.119. The van der Waals surface area contributed by atoms with Gasteiger partial charge in [0.05, 0.1) is 5.75 Å². The van der Waals surface area contributed by atoms with E-state index in [1.54, 1.807) is 11.8 Å². The maximum atomic E-state index is 11.1. The van der Waals surface area contributed by atoms with E-state index in [1.807, 2.05) is 6.26 Å². The van der Waals surface area contributed by atoms with Crippen LogP contribution < -0.4 is 5.32 Å². The van der Waals surface area contributed by atoms with Crippen molar-refractivity contribution < 1.29 is 4.79 Å². The molecule has 1 rings (SSSR count). The van der Waals surface area contributed by atoms with E-state index >= 15 is 0 Å². The van der Waals surface area contributed by atoms with Crippen molar-refractivity contribution in [2.45, 2.75) is 18.4 Å². The van der Waals surface area contributed by atoms with Crippen LogP contribution in [0.2, 0.25) is 0 Å². The molecule has 2 nitrogen and oxygen atoms in total. The average Bonchev–Trinajstić information content (AvgIpc) is 2.70. The molecule has 0 bridgehead atoms. The summed E-state index contributed by atoms with van der Waals surface area (Å²) in [6.07, 6.45) is 4.18. The molecule has 64 valence electrons. The van der Waals surface area contributed by atoms with Crippen molar-refractivity contribution in [2.24, 2.45) is 0 Å². The number of carbonyl (C=O) groups excluding carboxylic acids is 1. The van der Waals surface area contributed by atoms with Gasteiger partial charge in [-0.1, -0.05) is 15.9 Å². The lowest BCUT2D eigenvalue weighted by Gasteiger charge is -2.12. The molecular weight excluding hydrogens is 226 g/mol. The Morgan fingerprint density at radius 3 is 2.73 bits per heavy atom. The Morgan fingerprint density at radius 1 is 1.73 bits per heavy atom. The van der Waals surface area contributed by atoms with Gasteiger partial charge in [0, 0.05) is 10.9 Å². The molecule has 0 heterocycles. The number of thioether (sulfide) groups is 1. The van der Waals surface area contributed by atoms with Crippen molar-refractivity contribution in [1.29, 1.82) is 0 Å². The Morgan fingerprint density at radius 2 is 2.36 bits per heavy atom. The zero-order valence-electron chi connectivity index (χ0n) is 6.52. The summed E-state index contributed by atoms with van der Waals surface area (Å²) in [4.78, 5) is 11.1. The Bertz CT molecular complexity index is 159. The monoisotopic (exact) mass is 237 g/mol. The predicted octanol–water partition coefficient (Wildman–Crippen LogP) is 1.39. The highest BCUT2D eigenvalue weighted by Gasteiger charge is 2.42. The average molecular weight is 238 g/mol. The molecule has 1 N–H and O–H groups in total. The molecule has 4 heteroatoms. The minimum Gasteiger partial charge on any atom is -0.349 e. The highest BCUT2D eigenvalue weighted by Crippen LogP contribution is 2.36. The van der Waals surface area contributed by atoms with Crippen LogP contribution in [0.1, 0.15) is 12.8 Å². The van der Waals surface area contributed by atoms with Crippen LogP contribution in [0.3, 0.4) is 0 Å². The maximum Gasteiger partial charge on any atom is 0.230 e. The summed E-state index contributed by atoms with van der Waals surface area (Å²) in [6.45, 7) is 0. The second-order valence-electron chi connectivity index (χ2n) is 2.90. The molecule has 0 aromatic heterocycles. The Balaban J connectivity index is 2.24. The third kappa shape index (κ3) is 2.67. The number of nitrogens with one attached hydrogen (secondary N) is 1. The fourth-order valence-electron chi connectivity index (χ4n) is 0.906. The van der Waals surface area contributed by atoms with E-state index in [-0.39, 0.29) is 11.4 Å². The number of halogens is 1. The molecule has 1 aliphatic rings. The summed E-state index contributed by atoms with van der Waals surface area (Å²) in [5.41, 5.74) is 0.118. The van der Waals surface area contributed by atoms with E-state index in [2.05, 4.69) is 21.2 Å². The first-order valence-corrected chi connectivity index (χ1v) is 6.10. The molecule has 0 aromatic rings. The van der Waals surface area contributed by atoms with E-state index < -0.39 is 0 Å². The van der Waals surface area contributed by atoms with Crippen molar-refractivity contribution in [2.75, 3.05) is 17.3 Å². The molecule has 0 spiro atoms. The van der Waals surface area contributed by atoms with Gasteiger partial charge in [-0.25, -0.2) is 0 Å². The summed E-state index contributed by atoms with van der Waals surface area (Å²) >= 11 is 4.95. The summed E-state index contributed by atoms with van der Waals surface area (Å²) in [5, 5.41) is 3.90. The molecule has 1 amide bonds. The number of alkyl halides is 1. The Labute approximate surface area is 79.6 Å². The Hall–Kier alpha value is 0.300. The first-order valence-electron chi connectivity index (χ1n) is 3.58. The minimum atomic E-state index is 0.118. The van der Waals surface area contributed by atoms with E-state index in [0.717, 1.165) is 18.2 Å². The lowest BCUT2D eigenvalue weighted by Crippen LogP contribution is -2.39. The fourth-order valence-corrected chi connectivity index (χ4v) is 1.94. The molecule has 1 saturated carbocycles. The van der Waals surface area contributed by atoms with Crippen molar-refractivity contribution in [1.82, 2.24) is 5.32 Å². The van der Waals surface area contributed by atoms with Gasteiger partial charge >= 0.3 is 0 Å². The maximum absolute atomic E-state index is 11.1. The zero-order valence-corrected chi connectivity index (χ0v) is 8.93. The molecule has 0 unspecified atom stereocenters. The second-order valence-corrected chi connectivity index (χ2v) is 4.32. The molecule has 0 radical (unpaired) electrons. The molecule has 0 atom stereocenters. The molecule has 0 saturated heterocycles. The summed E-state index contributed by atoms with van der Waals surface area (Å²) < 4.78 is 0. The molecule has 1 fully saturated rings. The van der Waals surface area contributed by atoms with Gasteiger partial charge in [-0.2, -0.15) is 11.8 Å². The van der Waals surface area contributed by atoms with Crippen LogP contribution >= 0.6 is 27.7 Å². The van der Waals surface area contributed by atoms with Crippen molar-refractivity contribution >= 4 is 33.6 Å². The van der Waals surface area contributed by atoms with Crippen LogP contribution in [0.25, 0.3) is 0 Å². The molecule has 0 aromatic carbocycles. The highest BCUT2D eigenvalue weighted by molar-refractivity contribution is 9.09. The van der Waals surface area contributed by atoms with Crippen LogP contribution in [-0.4, -0.2) is 28.8 Å². The highest BCUT2D eigenvalue weighted by atomic mass is 79.9. The normalized spacial score (nSPS) is 19.5. The van der Waals surface area contributed by atoms with E-state index in [4.69, 9.17) is 0 Å². The van der Waals surface area contributed by atoms with Gasteiger partial charge in [-0.15, -0.1) is 0 Å². The third-order valence-corrected chi connectivity index (χ3v) is 3.41. The van der Waals surface area contributed by atoms with Gasteiger partial charge < -0.3 is 5.32 Å². The van der Waals surface area contributed by atoms with E-state index in [0.29, 0.717) is 5.75 Å². The predicted molar refractivity (Wildman–Crippen MR) is 52.3 cm³/mol. The lowest BCUT2D eigenvalue weighted by atomic mass is 10.3. The molecule has 0 aliphatic heterocycles.